The summed E-state index contributed by atoms with van der Waals surface area (Å²) in [5.41, 5.74) is 1.47. The number of carbonyl (C=O) groups is 1. The molecule has 0 bridgehead atoms. The number of para-hydroxylation sites is 1. The van der Waals surface area contributed by atoms with Gasteiger partial charge in [0.25, 0.3) is 0 Å². The molecule has 0 N–H and O–H groups in total. The van der Waals surface area contributed by atoms with E-state index in [9.17, 15) is 9.18 Å². The Labute approximate surface area is 162 Å². The van der Waals surface area contributed by atoms with Crippen molar-refractivity contribution in [1.82, 2.24) is 15.0 Å². The van der Waals surface area contributed by atoms with Gasteiger partial charge in [-0.1, -0.05) is 35.5 Å². The van der Waals surface area contributed by atoms with Crippen molar-refractivity contribution in [2.75, 3.05) is 31.1 Å². The Morgan fingerprint density at radius 1 is 1.00 bits per heavy atom. The van der Waals surface area contributed by atoms with Gasteiger partial charge in [0.1, 0.15) is 5.82 Å². The smallest absolute Gasteiger partial charge is 0.227 e. The molecule has 4 rings (SSSR count). The lowest BCUT2D eigenvalue weighted by molar-refractivity contribution is -0.131. The Balaban J connectivity index is 1.29. The molecule has 6 nitrogen and oxygen atoms in total. The van der Waals surface area contributed by atoms with Crippen molar-refractivity contribution in [3.63, 3.8) is 0 Å². The highest BCUT2D eigenvalue weighted by molar-refractivity contribution is 5.76. The van der Waals surface area contributed by atoms with Gasteiger partial charge in [-0.15, -0.1) is 0 Å². The molecule has 2 heterocycles. The van der Waals surface area contributed by atoms with Crippen molar-refractivity contribution in [2.24, 2.45) is 0 Å². The number of benzene rings is 2. The van der Waals surface area contributed by atoms with Crippen LogP contribution in [0.4, 0.5) is 10.1 Å². The summed E-state index contributed by atoms with van der Waals surface area (Å²) in [6.07, 6.45) is 0.642. The maximum Gasteiger partial charge on any atom is 0.227 e. The van der Waals surface area contributed by atoms with Gasteiger partial charge in [0, 0.05) is 44.7 Å². The Morgan fingerprint density at radius 2 is 1.71 bits per heavy atom. The molecule has 0 atom stereocenters. The first-order chi connectivity index (χ1) is 13.7. The third-order valence-electron chi connectivity index (χ3n) is 4.89. The van der Waals surface area contributed by atoms with E-state index >= 15 is 0 Å². The standard InChI is InChI=1S/C21H21FN4O2/c22-18-9-5-4-8-17(18)21-23-19(28-24-21)10-11-20(27)26-14-12-25(13-15-26)16-6-2-1-3-7-16/h1-9H,10-15H2. The number of rotatable bonds is 5. The average Bonchev–Trinajstić information content (AvgIpc) is 3.22. The lowest BCUT2D eigenvalue weighted by Crippen LogP contribution is -2.48. The normalized spacial score (nSPS) is 14.3. The minimum atomic E-state index is -0.401. The molecule has 0 spiro atoms. The first-order valence-corrected chi connectivity index (χ1v) is 9.36. The summed E-state index contributed by atoms with van der Waals surface area (Å²) in [4.78, 5) is 20.9. The summed E-state index contributed by atoms with van der Waals surface area (Å²) >= 11 is 0. The van der Waals surface area contributed by atoms with Gasteiger partial charge in [0.15, 0.2) is 0 Å². The number of aromatic nitrogens is 2. The topological polar surface area (TPSA) is 62.5 Å². The van der Waals surface area contributed by atoms with Crippen molar-refractivity contribution in [3.8, 4) is 11.4 Å². The molecule has 1 aliphatic heterocycles. The number of anilines is 1. The van der Waals surface area contributed by atoms with E-state index in [1.54, 1.807) is 18.2 Å². The van der Waals surface area contributed by atoms with Crippen molar-refractivity contribution in [1.29, 1.82) is 0 Å². The predicted molar refractivity (Wildman–Crippen MR) is 103 cm³/mol. The van der Waals surface area contributed by atoms with Crippen LogP contribution in [0.2, 0.25) is 0 Å². The predicted octanol–water partition coefficient (Wildman–Crippen LogP) is 3.16. The molecule has 1 aliphatic rings. The zero-order valence-corrected chi connectivity index (χ0v) is 15.4. The van der Waals surface area contributed by atoms with Crippen LogP contribution in [-0.2, 0) is 11.2 Å². The fourth-order valence-corrected chi connectivity index (χ4v) is 3.33. The molecule has 2 aromatic carbocycles. The van der Waals surface area contributed by atoms with Crippen LogP contribution in [0.3, 0.4) is 0 Å². The second-order valence-corrected chi connectivity index (χ2v) is 6.69. The number of hydrogen-bond acceptors (Lipinski definition) is 5. The summed E-state index contributed by atoms with van der Waals surface area (Å²) in [6.45, 7) is 3.01. The Bertz CT molecular complexity index is 936. The van der Waals surface area contributed by atoms with Gasteiger partial charge in [0.2, 0.25) is 17.6 Å². The Hall–Kier alpha value is -3.22. The highest BCUT2D eigenvalue weighted by Gasteiger charge is 2.22. The molecule has 1 aromatic heterocycles. The van der Waals surface area contributed by atoms with Gasteiger partial charge in [-0.05, 0) is 24.3 Å². The van der Waals surface area contributed by atoms with Crippen LogP contribution in [0.5, 0.6) is 0 Å². The number of amides is 1. The van der Waals surface area contributed by atoms with Crippen LogP contribution in [0.25, 0.3) is 11.4 Å². The molecule has 1 saturated heterocycles. The summed E-state index contributed by atoms with van der Waals surface area (Å²) < 4.78 is 19.0. The van der Waals surface area contributed by atoms with E-state index in [4.69, 9.17) is 4.52 Å². The van der Waals surface area contributed by atoms with Gasteiger partial charge in [0.05, 0.1) is 5.56 Å². The van der Waals surface area contributed by atoms with Crippen LogP contribution >= 0.6 is 0 Å². The molecule has 0 radical (unpaired) electrons. The van der Waals surface area contributed by atoms with E-state index in [2.05, 4.69) is 27.2 Å². The fraction of sp³-hybridized carbons (Fsp3) is 0.286. The molecule has 0 aliphatic carbocycles. The minimum absolute atomic E-state index is 0.0679. The monoisotopic (exact) mass is 380 g/mol. The third-order valence-corrected chi connectivity index (χ3v) is 4.89. The van der Waals surface area contributed by atoms with Gasteiger partial charge in [-0.3, -0.25) is 4.79 Å². The van der Waals surface area contributed by atoms with Crippen LogP contribution in [-0.4, -0.2) is 47.1 Å². The zero-order valence-electron chi connectivity index (χ0n) is 15.4. The van der Waals surface area contributed by atoms with E-state index in [0.29, 0.717) is 37.4 Å². The largest absolute Gasteiger partial charge is 0.368 e. The maximum atomic E-state index is 13.8. The number of hydrogen-bond donors (Lipinski definition) is 0. The van der Waals surface area contributed by atoms with E-state index in [1.165, 1.54) is 11.8 Å². The first-order valence-electron chi connectivity index (χ1n) is 9.36. The number of aryl methyl sites for hydroxylation is 1. The number of nitrogens with zero attached hydrogens (tertiary/aromatic N) is 4. The number of carbonyl (C=O) groups excluding carboxylic acids is 1. The molecule has 7 heteroatoms. The van der Waals surface area contributed by atoms with E-state index in [0.717, 1.165) is 13.1 Å². The van der Waals surface area contributed by atoms with Crippen LogP contribution < -0.4 is 4.90 Å². The third kappa shape index (κ3) is 4.03. The van der Waals surface area contributed by atoms with Gasteiger partial charge in [-0.25, -0.2) is 4.39 Å². The van der Waals surface area contributed by atoms with E-state index in [-0.39, 0.29) is 11.7 Å². The molecular weight excluding hydrogens is 359 g/mol. The summed E-state index contributed by atoms with van der Waals surface area (Å²) in [5.74, 6) is 0.215. The van der Waals surface area contributed by atoms with E-state index in [1.807, 2.05) is 23.1 Å². The van der Waals surface area contributed by atoms with E-state index < -0.39 is 5.82 Å². The van der Waals surface area contributed by atoms with Crippen molar-refractivity contribution < 1.29 is 13.7 Å². The average molecular weight is 380 g/mol. The lowest BCUT2D eigenvalue weighted by Gasteiger charge is -2.36. The van der Waals surface area contributed by atoms with Gasteiger partial charge >= 0.3 is 0 Å². The van der Waals surface area contributed by atoms with Crippen LogP contribution in [0, 0.1) is 5.82 Å². The number of piperazine rings is 1. The molecule has 1 fully saturated rings. The number of halogens is 1. The van der Waals surface area contributed by atoms with Gasteiger partial charge < -0.3 is 14.3 Å². The summed E-state index contributed by atoms with van der Waals surface area (Å²) in [5, 5.41) is 3.82. The zero-order chi connectivity index (χ0) is 19.3. The minimum Gasteiger partial charge on any atom is -0.368 e. The molecule has 0 saturated carbocycles. The quantitative estimate of drug-likeness (QED) is 0.680. The highest BCUT2D eigenvalue weighted by Crippen LogP contribution is 2.20. The molecule has 28 heavy (non-hydrogen) atoms. The molecule has 0 unspecified atom stereocenters. The van der Waals surface area contributed by atoms with Crippen LogP contribution in [0.15, 0.2) is 59.1 Å². The fourth-order valence-electron chi connectivity index (χ4n) is 3.33. The Kier molecular flexibility index (Phi) is 5.32. The highest BCUT2D eigenvalue weighted by atomic mass is 19.1. The van der Waals surface area contributed by atoms with Crippen molar-refractivity contribution in [3.05, 3.63) is 66.3 Å². The van der Waals surface area contributed by atoms with Crippen LogP contribution in [0.1, 0.15) is 12.3 Å². The summed E-state index contributed by atoms with van der Waals surface area (Å²) in [6, 6.07) is 16.5. The van der Waals surface area contributed by atoms with Crippen molar-refractivity contribution in [2.45, 2.75) is 12.8 Å². The van der Waals surface area contributed by atoms with Gasteiger partial charge in [-0.2, -0.15) is 4.98 Å². The molecule has 3 aromatic rings. The molecule has 1 amide bonds. The molecule has 144 valence electrons. The first kappa shape index (κ1) is 18.2. The lowest BCUT2D eigenvalue weighted by atomic mass is 10.2. The second-order valence-electron chi connectivity index (χ2n) is 6.69. The second kappa shape index (κ2) is 8.21. The Morgan fingerprint density at radius 3 is 2.46 bits per heavy atom. The molecular formula is C21H21FN4O2. The SMILES string of the molecule is O=C(CCc1nc(-c2ccccc2F)no1)N1CCN(c2ccccc2)CC1. The maximum absolute atomic E-state index is 13.8. The summed E-state index contributed by atoms with van der Waals surface area (Å²) in [7, 11) is 0. The van der Waals surface area contributed by atoms with Crippen molar-refractivity contribution >= 4 is 11.6 Å².